The van der Waals surface area contributed by atoms with Crippen molar-refractivity contribution >= 4 is 23.6 Å². The Labute approximate surface area is 178 Å². The first-order chi connectivity index (χ1) is 15.4. The van der Waals surface area contributed by atoms with E-state index in [0.717, 1.165) is 4.68 Å². The third-order valence-electron chi connectivity index (χ3n) is 4.16. The second-order valence-electron chi connectivity index (χ2n) is 6.27. The maximum absolute atomic E-state index is 12.8. The van der Waals surface area contributed by atoms with Crippen LogP contribution in [-0.4, -0.2) is 47.5 Å². The molecule has 0 radical (unpaired) electrons. The van der Waals surface area contributed by atoms with Crippen LogP contribution in [0.5, 0.6) is 5.75 Å². The summed E-state index contributed by atoms with van der Waals surface area (Å²) in [6.07, 6.45) is 1.31. The quantitative estimate of drug-likeness (QED) is 0.225. The molecule has 2 aromatic heterocycles. The molecule has 2 heterocycles. The number of phenolic OH excluding ortho intramolecular Hbond substituents is 1. The third-order valence-corrected chi connectivity index (χ3v) is 4.16. The van der Waals surface area contributed by atoms with Gasteiger partial charge in [-0.25, -0.2) is 10.1 Å². The molecular formula is C18H13N9O5. The molecule has 0 atom stereocenters. The molecule has 32 heavy (non-hydrogen) atoms. The van der Waals surface area contributed by atoms with Crippen LogP contribution < -0.4 is 11.2 Å². The molecule has 0 fully saturated rings. The highest BCUT2D eigenvalue weighted by atomic mass is 16.6. The van der Waals surface area contributed by atoms with Crippen LogP contribution in [0.1, 0.15) is 16.1 Å². The van der Waals surface area contributed by atoms with Gasteiger partial charge in [-0.05, 0) is 28.0 Å². The largest absolute Gasteiger partial charge is 0.508 e. The number of nitrogens with one attached hydrogen (secondary N) is 1. The molecule has 14 nitrogen and oxygen atoms in total. The van der Waals surface area contributed by atoms with Crippen molar-refractivity contribution in [3.05, 3.63) is 69.9 Å². The van der Waals surface area contributed by atoms with Gasteiger partial charge >= 0.3 is 0 Å². The Bertz CT molecular complexity index is 1340. The molecule has 0 spiro atoms. The molecular weight excluding hydrogens is 422 g/mol. The summed E-state index contributed by atoms with van der Waals surface area (Å²) in [4.78, 5) is 23.4. The highest BCUT2D eigenvalue weighted by molar-refractivity contribution is 5.99. The third kappa shape index (κ3) is 3.95. The number of nitro groups is 1. The lowest BCUT2D eigenvalue weighted by atomic mass is 10.1. The summed E-state index contributed by atoms with van der Waals surface area (Å²) in [5.74, 6) is -0.907. The van der Waals surface area contributed by atoms with Gasteiger partial charge in [0.1, 0.15) is 11.4 Å². The normalized spacial score (nSPS) is 11.0. The Hall–Kier alpha value is -5.14. The van der Waals surface area contributed by atoms with Gasteiger partial charge in [-0.3, -0.25) is 14.9 Å². The first-order valence-electron chi connectivity index (χ1n) is 8.85. The van der Waals surface area contributed by atoms with Crippen LogP contribution in [0.3, 0.4) is 0 Å². The van der Waals surface area contributed by atoms with E-state index in [9.17, 15) is 20.0 Å². The first kappa shape index (κ1) is 20.1. The molecule has 0 unspecified atom stereocenters. The summed E-state index contributed by atoms with van der Waals surface area (Å²) in [6.45, 7) is 0. The average molecular weight is 435 g/mol. The summed E-state index contributed by atoms with van der Waals surface area (Å²) in [6, 6.07) is 11.7. The zero-order valence-corrected chi connectivity index (χ0v) is 16.0. The van der Waals surface area contributed by atoms with Gasteiger partial charge in [0.05, 0.1) is 11.1 Å². The molecule has 0 saturated heterocycles. The average Bonchev–Trinajstić information content (AvgIpc) is 3.39. The van der Waals surface area contributed by atoms with Gasteiger partial charge in [0, 0.05) is 17.7 Å². The number of aromatic nitrogens is 5. The predicted molar refractivity (Wildman–Crippen MR) is 109 cm³/mol. The van der Waals surface area contributed by atoms with Gasteiger partial charge in [-0.2, -0.15) is 9.78 Å². The smallest absolute Gasteiger partial charge is 0.294 e. The monoisotopic (exact) mass is 435 g/mol. The number of hydrogen-bond donors (Lipinski definition) is 3. The molecule has 2 aromatic carbocycles. The topological polar surface area (TPSA) is 200 Å². The number of rotatable bonds is 6. The Morgan fingerprint density at radius 2 is 2.06 bits per heavy atom. The van der Waals surface area contributed by atoms with Gasteiger partial charge in [0.15, 0.2) is 5.69 Å². The molecule has 14 heteroatoms. The van der Waals surface area contributed by atoms with E-state index in [4.69, 9.17) is 5.73 Å². The number of carbonyl (C=O) groups excluding carboxylic acids is 1. The molecule has 160 valence electrons. The van der Waals surface area contributed by atoms with Crippen molar-refractivity contribution in [3.63, 3.8) is 0 Å². The lowest BCUT2D eigenvalue weighted by Crippen LogP contribution is -2.19. The minimum Gasteiger partial charge on any atom is -0.508 e. The fraction of sp³-hybridized carbons (Fsp3) is 0. The molecule has 4 aromatic rings. The number of hydrogen-bond acceptors (Lipinski definition) is 11. The second-order valence-corrected chi connectivity index (χ2v) is 6.27. The summed E-state index contributed by atoms with van der Waals surface area (Å²) in [5, 5.41) is 39.4. The maximum Gasteiger partial charge on any atom is 0.294 e. The van der Waals surface area contributed by atoms with E-state index in [1.807, 2.05) is 0 Å². The van der Waals surface area contributed by atoms with Crippen molar-refractivity contribution in [2.24, 2.45) is 5.10 Å². The van der Waals surface area contributed by atoms with Crippen LogP contribution in [0.25, 0.3) is 17.1 Å². The van der Waals surface area contributed by atoms with E-state index < -0.39 is 10.8 Å². The van der Waals surface area contributed by atoms with Gasteiger partial charge in [-0.15, -0.1) is 5.10 Å². The molecule has 0 bridgehead atoms. The van der Waals surface area contributed by atoms with Crippen molar-refractivity contribution in [3.8, 4) is 22.8 Å². The Balaban J connectivity index is 1.73. The number of anilines is 1. The van der Waals surface area contributed by atoms with Crippen LogP contribution in [0.2, 0.25) is 0 Å². The number of carbonyl (C=O) groups is 1. The van der Waals surface area contributed by atoms with Crippen molar-refractivity contribution in [1.29, 1.82) is 0 Å². The zero-order chi connectivity index (χ0) is 22.7. The number of aromatic hydroxyl groups is 1. The standard InChI is InChI=1S/C18H13N9O5/c19-16-17(24-32-23-16)26-15(11-4-2-5-12(8-11)27(30)31)14(21-25-26)18(29)22-20-9-10-3-1-6-13(28)7-10/h1-9,28H,(H2,19,23)(H,22,29). The van der Waals surface area contributed by atoms with Gasteiger partial charge in [0.2, 0.25) is 11.6 Å². The lowest BCUT2D eigenvalue weighted by Gasteiger charge is -2.05. The maximum atomic E-state index is 12.8. The number of hydrazone groups is 1. The van der Waals surface area contributed by atoms with Crippen LogP contribution in [0.4, 0.5) is 11.5 Å². The van der Waals surface area contributed by atoms with Crippen molar-refractivity contribution in [2.75, 3.05) is 5.73 Å². The summed E-state index contributed by atoms with van der Waals surface area (Å²) in [7, 11) is 0. The minimum absolute atomic E-state index is 0.0370. The number of nitrogen functional groups attached to an aromatic ring is 1. The van der Waals surface area contributed by atoms with Gasteiger partial charge in [-0.1, -0.05) is 29.5 Å². The zero-order valence-electron chi connectivity index (χ0n) is 16.0. The van der Waals surface area contributed by atoms with Crippen molar-refractivity contribution in [1.82, 2.24) is 30.7 Å². The molecule has 0 aliphatic heterocycles. The fourth-order valence-corrected chi connectivity index (χ4v) is 2.77. The number of nitro benzene ring substituents is 1. The second kappa shape index (κ2) is 8.31. The molecule has 1 amide bonds. The van der Waals surface area contributed by atoms with E-state index in [1.54, 1.807) is 12.1 Å². The van der Waals surface area contributed by atoms with Crippen molar-refractivity contribution < 1.29 is 19.5 Å². The van der Waals surface area contributed by atoms with Crippen LogP contribution in [0, 0.1) is 10.1 Å². The van der Waals surface area contributed by atoms with Gasteiger partial charge < -0.3 is 10.8 Å². The van der Waals surface area contributed by atoms with Crippen molar-refractivity contribution in [2.45, 2.75) is 0 Å². The van der Waals surface area contributed by atoms with Crippen LogP contribution >= 0.6 is 0 Å². The summed E-state index contributed by atoms with van der Waals surface area (Å²) >= 11 is 0. The molecule has 0 saturated carbocycles. The molecule has 4 rings (SSSR count). The number of amides is 1. The SMILES string of the molecule is Nc1nonc1-n1nnc(C(=O)NN=Cc2cccc(O)c2)c1-c1cccc([N+](=O)[O-])c1. The number of nitrogens with two attached hydrogens (primary N) is 1. The molecule has 0 aliphatic carbocycles. The van der Waals surface area contributed by atoms with Crippen LogP contribution in [-0.2, 0) is 0 Å². The minimum atomic E-state index is -0.760. The Kier molecular flexibility index (Phi) is 5.23. The fourth-order valence-electron chi connectivity index (χ4n) is 2.77. The Morgan fingerprint density at radius 1 is 1.25 bits per heavy atom. The predicted octanol–water partition coefficient (Wildman–Crippen LogP) is 1.28. The Morgan fingerprint density at radius 3 is 2.78 bits per heavy atom. The van der Waals surface area contributed by atoms with E-state index in [-0.39, 0.29) is 40.0 Å². The van der Waals surface area contributed by atoms with E-state index in [2.05, 4.69) is 35.8 Å². The molecule has 0 aliphatic rings. The van der Waals surface area contributed by atoms with Crippen LogP contribution in [0.15, 0.2) is 58.3 Å². The van der Waals surface area contributed by atoms with E-state index in [1.165, 1.54) is 42.6 Å². The van der Waals surface area contributed by atoms with Gasteiger partial charge in [0.25, 0.3) is 11.6 Å². The number of nitrogens with zero attached hydrogens (tertiary/aromatic N) is 7. The highest BCUT2D eigenvalue weighted by Gasteiger charge is 2.26. The molecule has 4 N–H and O–H groups in total. The number of benzene rings is 2. The van der Waals surface area contributed by atoms with E-state index in [0.29, 0.717) is 5.56 Å². The van der Waals surface area contributed by atoms with E-state index >= 15 is 0 Å². The summed E-state index contributed by atoms with van der Waals surface area (Å²) in [5.41, 5.74) is 8.44. The highest BCUT2D eigenvalue weighted by Crippen LogP contribution is 2.29. The summed E-state index contributed by atoms with van der Waals surface area (Å²) < 4.78 is 5.66. The number of phenols is 1. The first-order valence-corrected chi connectivity index (χ1v) is 8.85. The number of non-ortho nitro benzene ring substituents is 1. The lowest BCUT2D eigenvalue weighted by molar-refractivity contribution is -0.384.